The van der Waals surface area contributed by atoms with Gasteiger partial charge in [-0.15, -0.1) is 24.8 Å². The van der Waals surface area contributed by atoms with E-state index in [9.17, 15) is 13.2 Å². The van der Waals surface area contributed by atoms with Crippen LogP contribution in [0.1, 0.15) is 43.4 Å². The van der Waals surface area contributed by atoms with E-state index in [1.807, 2.05) is 0 Å². The fourth-order valence-electron chi connectivity index (χ4n) is 2.92. The summed E-state index contributed by atoms with van der Waals surface area (Å²) >= 11 is 5.94. The average Bonchev–Trinajstić information content (AvgIpc) is 2.47. The molecule has 140 valence electrons. The van der Waals surface area contributed by atoms with E-state index in [1.165, 1.54) is 6.07 Å². The largest absolute Gasteiger partial charge is 0.416 e. The van der Waals surface area contributed by atoms with Crippen molar-refractivity contribution in [3.05, 3.63) is 34.3 Å². The number of nitrogens with zero attached hydrogens (tertiary/aromatic N) is 1. The number of alkyl halides is 3. The topological polar surface area (TPSA) is 15.3 Å². The van der Waals surface area contributed by atoms with E-state index in [0.29, 0.717) is 5.56 Å². The zero-order valence-corrected chi connectivity index (χ0v) is 15.9. The standard InChI is InChI=1S/C16H22ClF3N2.2ClH/c1-2-3-4-15(22-7-5-21-6-8-22)12-9-13(16(18,19)20)11-14(17)10-12;;/h9-11,15,21H,2-8H2,1H3;2*1H/t15-;;/m1../s1. The molecule has 24 heavy (non-hydrogen) atoms. The maximum absolute atomic E-state index is 13.0. The maximum Gasteiger partial charge on any atom is 0.416 e. The van der Waals surface area contributed by atoms with Gasteiger partial charge in [0, 0.05) is 37.2 Å². The number of piperazine rings is 1. The lowest BCUT2D eigenvalue weighted by atomic mass is 9.97. The van der Waals surface area contributed by atoms with Gasteiger partial charge in [0.05, 0.1) is 5.56 Å². The van der Waals surface area contributed by atoms with E-state index in [4.69, 9.17) is 11.6 Å². The molecule has 0 aliphatic carbocycles. The van der Waals surface area contributed by atoms with Crippen molar-refractivity contribution in [3.63, 3.8) is 0 Å². The molecule has 0 unspecified atom stereocenters. The number of halogens is 6. The highest BCUT2D eigenvalue weighted by Gasteiger charge is 2.32. The summed E-state index contributed by atoms with van der Waals surface area (Å²) < 4.78 is 39.1. The van der Waals surface area contributed by atoms with Gasteiger partial charge in [-0.1, -0.05) is 31.4 Å². The smallest absolute Gasteiger partial charge is 0.314 e. The molecule has 1 aromatic rings. The number of nitrogens with one attached hydrogen (secondary N) is 1. The van der Waals surface area contributed by atoms with Crippen LogP contribution >= 0.6 is 36.4 Å². The van der Waals surface area contributed by atoms with Crippen molar-refractivity contribution >= 4 is 36.4 Å². The Morgan fingerprint density at radius 2 is 1.79 bits per heavy atom. The molecule has 0 aromatic heterocycles. The van der Waals surface area contributed by atoms with Crippen LogP contribution in [0, 0.1) is 0 Å². The zero-order chi connectivity index (χ0) is 16.2. The van der Waals surface area contributed by atoms with Crippen LogP contribution in [-0.4, -0.2) is 31.1 Å². The van der Waals surface area contributed by atoms with Gasteiger partial charge < -0.3 is 5.32 Å². The Kier molecular flexibility index (Phi) is 10.6. The van der Waals surface area contributed by atoms with Gasteiger partial charge >= 0.3 is 6.18 Å². The van der Waals surface area contributed by atoms with Crippen LogP contribution in [0.2, 0.25) is 5.02 Å². The van der Waals surface area contributed by atoms with Crippen molar-refractivity contribution in [2.45, 2.75) is 38.4 Å². The second-order valence-electron chi connectivity index (χ2n) is 5.71. The summed E-state index contributed by atoms with van der Waals surface area (Å²) in [6.45, 7) is 5.53. The lowest BCUT2D eigenvalue weighted by Crippen LogP contribution is -2.45. The Morgan fingerprint density at radius 1 is 1.17 bits per heavy atom. The van der Waals surface area contributed by atoms with Crippen LogP contribution < -0.4 is 5.32 Å². The Hall–Kier alpha value is -0.200. The second kappa shape index (κ2) is 10.7. The molecule has 1 aliphatic heterocycles. The van der Waals surface area contributed by atoms with Crippen LogP contribution in [0.4, 0.5) is 13.2 Å². The van der Waals surface area contributed by atoms with Gasteiger partial charge in [-0.05, 0) is 30.2 Å². The molecular weight excluding hydrogens is 384 g/mol. The third-order valence-electron chi connectivity index (χ3n) is 4.06. The zero-order valence-electron chi connectivity index (χ0n) is 13.5. The molecular formula is C16H24Cl3F3N2. The minimum Gasteiger partial charge on any atom is -0.314 e. The first kappa shape index (κ1) is 23.8. The van der Waals surface area contributed by atoms with Crippen molar-refractivity contribution in [2.75, 3.05) is 26.2 Å². The number of benzene rings is 1. The Balaban J connectivity index is 0.00000264. The van der Waals surface area contributed by atoms with E-state index in [2.05, 4.69) is 17.1 Å². The van der Waals surface area contributed by atoms with Gasteiger partial charge in [0.2, 0.25) is 0 Å². The van der Waals surface area contributed by atoms with Gasteiger partial charge in [0.15, 0.2) is 0 Å². The molecule has 1 heterocycles. The van der Waals surface area contributed by atoms with Crippen molar-refractivity contribution in [2.24, 2.45) is 0 Å². The SMILES string of the molecule is CCCC[C@H](c1cc(Cl)cc(C(F)(F)F)c1)N1CCNCC1.Cl.Cl. The van der Waals surface area contributed by atoms with Gasteiger partial charge in [0.1, 0.15) is 0 Å². The minimum atomic E-state index is -4.36. The van der Waals surface area contributed by atoms with Gasteiger partial charge in [-0.2, -0.15) is 13.2 Å². The van der Waals surface area contributed by atoms with E-state index in [1.54, 1.807) is 6.07 Å². The molecule has 1 aromatic carbocycles. The molecule has 2 nitrogen and oxygen atoms in total. The molecule has 2 rings (SSSR count). The van der Waals surface area contributed by atoms with Gasteiger partial charge in [-0.25, -0.2) is 0 Å². The van der Waals surface area contributed by atoms with Crippen molar-refractivity contribution < 1.29 is 13.2 Å². The third-order valence-corrected chi connectivity index (χ3v) is 4.27. The number of rotatable bonds is 5. The molecule has 0 bridgehead atoms. The molecule has 8 heteroatoms. The summed E-state index contributed by atoms with van der Waals surface area (Å²) in [6.07, 6.45) is -1.50. The molecule has 1 aliphatic rings. The Morgan fingerprint density at radius 3 is 2.33 bits per heavy atom. The monoisotopic (exact) mass is 406 g/mol. The fourth-order valence-corrected chi connectivity index (χ4v) is 3.16. The summed E-state index contributed by atoms with van der Waals surface area (Å²) in [6, 6.07) is 3.94. The summed E-state index contributed by atoms with van der Waals surface area (Å²) in [5.41, 5.74) is 0.0156. The molecule has 1 fully saturated rings. The minimum absolute atomic E-state index is 0. The van der Waals surface area contributed by atoms with E-state index < -0.39 is 11.7 Å². The average molecular weight is 408 g/mol. The molecule has 1 saturated heterocycles. The van der Waals surface area contributed by atoms with Crippen molar-refractivity contribution in [1.29, 1.82) is 0 Å². The number of hydrogen-bond acceptors (Lipinski definition) is 2. The Labute approximate surface area is 158 Å². The van der Waals surface area contributed by atoms with Crippen molar-refractivity contribution in [1.82, 2.24) is 10.2 Å². The third kappa shape index (κ3) is 6.60. The molecule has 0 radical (unpaired) electrons. The number of unbranched alkanes of at least 4 members (excludes halogenated alkanes) is 1. The molecule has 0 amide bonds. The lowest BCUT2D eigenvalue weighted by Gasteiger charge is -2.35. The summed E-state index contributed by atoms with van der Waals surface area (Å²) in [4.78, 5) is 2.26. The van der Waals surface area contributed by atoms with Gasteiger partial charge in [0.25, 0.3) is 0 Å². The van der Waals surface area contributed by atoms with E-state index >= 15 is 0 Å². The Bertz CT molecular complexity index is 492. The summed E-state index contributed by atoms with van der Waals surface area (Å²) in [5.74, 6) is 0. The molecule has 0 spiro atoms. The first-order valence-electron chi connectivity index (χ1n) is 7.74. The maximum atomic E-state index is 13.0. The van der Waals surface area contributed by atoms with E-state index in [0.717, 1.165) is 51.5 Å². The first-order chi connectivity index (χ1) is 10.4. The normalized spacial score (nSPS) is 16.9. The highest BCUT2D eigenvalue weighted by atomic mass is 35.5. The van der Waals surface area contributed by atoms with Crippen LogP contribution in [-0.2, 0) is 6.18 Å². The summed E-state index contributed by atoms with van der Waals surface area (Å²) in [7, 11) is 0. The number of hydrogen-bond donors (Lipinski definition) is 1. The lowest BCUT2D eigenvalue weighted by molar-refractivity contribution is -0.137. The van der Waals surface area contributed by atoms with Crippen LogP contribution in [0.3, 0.4) is 0 Å². The predicted octanol–water partition coefficient (Wildman–Crippen LogP) is 5.34. The van der Waals surface area contributed by atoms with Crippen LogP contribution in [0.25, 0.3) is 0 Å². The summed E-state index contributed by atoms with van der Waals surface area (Å²) in [5, 5.41) is 3.43. The van der Waals surface area contributed by atoms with Crippen LogP contribution in [0.5, 0.6) is 0 Å². The molecule has 0 saturated carbocycles. The molecule has 1 atom stereocenters. The van der Waals surface area contributed by atoms with Gasteiger partial charge in [-0.3, -0.25) is 4.90 Å². The fraction of sp³-hybridized carbons (Fsp3) is 0.625. The van der Waals surface area contributed by atoms with Crippen molar-refractivity contribution in [3.8, 4) is 0 Å². The highest BCUT2D eigenvalue weighted by molar-refractivity contribution is 6.30. The highest BCUT2D eigenvalue weighted by Crippen LogP contribution is 2.36. The van der Waals surface area contributed by atoms with E-state index in [-0.39, 0.29) is 35.9 Å². The molecule has 1 N–H and O–H groups in total. The van der Waals surface area contributed by atoms with Crippen LogP contribution in [0.15, 0.2) is 18.2 Å². The second-order valence-corrected chi connectivity index (χ2v) is 6.15. The first-order valence-corrected chi connectivity index (χ1v) is 8.12. The predicted molar refractivity (Wildman–Crippen MR) is 97.7 cm³/mol. The quantitative estimate of drug-likeness (QED) is 0.709.